The lowest BCUT2D eigenvalue weighted by molar-refractivity contribution is -0.343. The maximum atomic E-state index is 12.4. The van der Waals surface area contributed by atoms with Gasteiger partial charge >= 0.3 is 11.9 Å². The molecule has 0 N–H and O–H groups in total. The first-order valence-corrected chi connectivity index (χ1v) is 10.7. The second-order valence-electron chi connectivity index (χ2n) is 7.29. The number of esters is 2. The topological polar surface area (TPSA) is 74.3 Å². The Hall–Kier alpha value is -4.04. The summed E-state index contributed by atoms with van der Waals surface area (Å²) in [7, 11) is 0. The van der Waals surface area contributed by atoms with Gasteiger partial charge < -0.3 is 9.47 Å². The number of hydrogen-bond acceptors (Lipinski definition) is 7. The maximum Gasteiger partial charge on any atom is 0.333 e. The summed E-state index contributed by atoms with van der Waals surface area (Å²) in [5, 5.41) is 1.13. The third kappa shape index (κ3) is 6.98. The molecule has 2 atom stereocenters. The summed E-state index contributed by atoms with van der Waals surface area (Å²) in [5.74, 6) is -1.33. The lowest BCUT2D eigenvalue weighted by atomic mass is 10.2. The van der Waals surface area contributed by atoms with Gasteiger partial charge in [-0.1, -0.05) is 96.2 Å². The predicted octanol–water partition coefficient (Wildman–Crippen LogP) is 4.53. The zero-order valence-electron chi connectivity index (χ0n) is 18.2. The highest BCUT2D eigenvalue weighted by atomic mass is 17.1. The van der Waals surface area contributed by atoms with Crippen LogP contribution in [0.25, 0.3) is 12.2 Å². The van der Waals surface area contributed by atoms with E-state index in [-0.39, 0.29) is 6.54 Å². The van der Waals surface area contributed by atoms with Crippen molar-refractivity contribution in [3.63, 3.8) is 0 Å². The summed E-state index contributed by atoms with van der Waals surface area (Å²) in [4.78, 5) is 35.9. The Bertz CT molecular complexity index is 1060. The molecule has 1 saturated heterocycles. The number of nitrogens with zero attached hydrogens (tertiary/aromatic N) is 1. The molecule has 3 aromatic rings. The van der Waals surface area contributed by atoms with Gasteiger partial charge in [-0.05, 0) is 28.8 Å². The van der Waals surface area contributed by atoms with Crippen LogP contribution >= 0.6 is 0 Å². The summed E-state index contributed by atoms with van der Waals surface area (Å²) in [6.45, 7) is 0.239. The Morgan fingerprint density at radius 3 is 1.53 bits per heavy atom. The van der Waals surface area contributed by atoms with Crippen molar-refractivity contribution in [2.24, 2.45) is 0 Å². The Morgan fingerprint density at radius 2 is 1.09 bits per heavy atom. The molecule has 0 aromatic heterocycles. The number of benzene rings is 3. The number of carbonyl (C=O) groups is 2. The average Bonchev–Trinajstić information content (AvgIpc) is 3.23. The van der Waals surface area contributed by atoms with E-state index in [2.05, 4.69) is 0 Å². The lowest BCUT2D eigenvalue weighted by Gasteiger charge is -2.14. The van der Waals surface area contributed by atoms with Crippen molar-refractivity contribution in [1.82, 2.24) is 5.23 Å². The second kappa shape index (κ2) is 11.7. The Kier molecular flexibility index (Phi) is 7.97. The molecule has 7 heteroatoms. The zero-order chi connectivity index (χ0) is 23.6. The van der Waals surface area contributed by atoms with E-state index < -0.39 is 24.5 Å². The van der Waals surface area contributed by atoms with Crippen molar-refractivity contribution < 1.29 is 28.7 Å². The van der Waals surface area contributed by atoms with Crippen molar-refractivity contribution in [2.75, 3.05) is 0 Å². The highest BCUT2D eigenvalue weighted by molar-refractivity contribution is 5.88. The summed E-state index contributed by atoms with van der Waals surface area (Å²) >= 11 is 0. The zero-order valence-corrected chi connectivity index (χ0v) is 18.2. The van der Waals surface area contributed by atoms with Gasteiger partial charge in [-0.3, -0.25) is 0 Å². The Labute approximate surface area is 197 Å². The summed E-state index contributed by atoms with van der Waals surface area (Å²) in [6, 6.07) is 28.0. The van der Waals surface area contributed by atoms with Gasteiger partial charge in [0.05, 0.1) is 6.54 Å². The van der Waals surface area contributed by atoms with Gasteiger partial charge in [0.1, 0.15) is 0 Å². The SMILES string of the molecule is O=C(/C=C\c1ccccc1)O[C@H]1ON(Cc2ccccc2)O[C@H]1OC(=O)/C=C/c1ccccc1. The normalized spacial score (nSPS) is 18.4. The molecular formula is C27H23NO6. The van der Waals surface area contributed by atoms with Crippen molar-refractivity contribution in [2.45, 2.75) is 19.1 Å². The van der Waals surface area contributed by atoms with Gasteiger partial charge in [-0.25, -0.2) is 19.3 Å². The van der Waals surface area contributed by atoms with E-state index >= 15 is 0 Å². The van der Waals surface area contributed by atoms with Crippen LogP contribution in [0.5, 0.6) is 0 Å². The first-order valence-electron chi connectivity index (χ1n) is 10.7. The molecule has 1 fully saturated rings. The molecule has 7 nitrogen and oxygen atoms in total. The highest BCUT2D eigenvalue weighted by Crippen LogP contribution is 2.23. The number of hydrogen-bond donors (Lipinski definition) is 0. The van der Waals surface area contributed by atoms with Crippen LogP contribution < -0.4 is 0 Å². The number of rotatable bonds is 8. The van der Waals surface area contributed by atoms with Crippen LogP contribution in [0.2, 0.25) is 0 Å². The monoisotopic (exact) mass is 457 g/mol. The van der Waals surface area contributed by atoms with Crippen LogP contribution in [0.1, 0.15) is 16.7 Å². The maximum absolute atomic E-state index is 12.4. The molecular weight excluding hydrogens is 434 g/mol. The predicted molar refractivity (Wildman–Crippen MR) is 125 cm³/mol. The molecule has 0 aliphatic carbocycles. The number of ether oxygens (including phenoxy) is 2. The van der Waals surface area contributed by atoms with Crippen molar-refractivity contribution in [3.05, 3.63) is 120 Å². The number of hydroxylamine groups is 2. The van der Waals surface area contributed by atoms with Crippen molar-refractivity contribution >= 4 is 24.1 Å². The fourth-order valence-electron chi connectivity index (χ4n) is 3.08. The fraction of sp³-hybridized carbons (Fsp3) is 0.111. The van der Waals surface area contributed by atoms with Crippen LogP contribution in [0.4, 0.5) is 0 Å². The summed E-state index contributed by atoms with van der Waals surface area (Å²) < 4.78 is 10.7. The van der Waals surface area contributed by atoms with Crippen LogP contribution in [0, 0.1) is 0 Å². The standard InChI is InChI=1S/C27H23NO6/c29-24(18-16-21-10-4-1-5-11-21)31-26-27(32-25(30)19-17-22-12-6-2-7-13-22)34-28(33-26)20-23-14-8-3-9-15-23/h1-19,26-27H,20H2/b18-16-,19-17+/t26-,27+/m0/s1. The van der Waals surface area contributed by atoms with Gasteiger partial charge in [0.15, 0.2) is 0 Å². The quantitative estimate of drug-likeness (QED) is 0.363. The van der Waals surface area contributed by atoms with Gasteiger partial charge in [-0.2, -0.15) is 0 Å². The minimum absolute atomic E-state index is 0.239. The van der Waals surface area contributed by atoms with Gasteiger partial charge in [0, 0.05) is 12.2 Å². The third-order valence-corrected chi connectivity index (χ3v) is 4.71. The molecule has 1 heterocycles. The molecule has 1 aliphatic heterocycles. The Morgan fingerprint density at radius 1 is 0.676 bits per heavy atom. The molecule has 34 heavy (non-hydrogen) atoms. The molecule has 0 saturated carbocycles. The van der Waals surface area contributed by atoms with E-state index in [0.29, 0.717) is 0 Å². The fourth-order valence-corrected chi connectivity index (χ4v) is 3.08. The molecule has 0 radical (unpaired) electrons. The van der Waals surface area contributed by atoms with Crippen LogP contribution in [-0.4, -0.2) is 29.7 Å². The van der Waals surface area contributed by atoms with Gasteiger partial charge in [0.2, 0.25) is 0 Å². The van der Waals surface area contributed by atoms with Gasteiger partial charge in [0.25, 0.3) is 12.6 Å². The van der Waals surface area contributed by atoms with E-state index in [1.54, 1.807) is 12.2 Å². The lowest BCUT2D eigenvalue weighted by Crippen LogP contribution is -2.31. The van der Waals surface area contributed by atoms with E-state index in [4.69, 9.17) is 19.1 Å². The molecule has 0 unspecified atom stereocenters. The van der Waals surface area contributed by atoms with E-state index in [1.807, 2.05) is 91.0 Å². The summed E-state index contributed by atoms with van der Waals surface area (Å²) in [6.07, 6.45) is 3.23. The first-order chi connectivity index (χ1) is 16.7. The molecule has 4 rings (SSSR count). The molecule has 1 aliphatic rings. The Balaban J connectivity index is 1.41. The smallest absolute Gasteiger partial charge is 0.333 e. The van der Waals surface area contributed by atoms with E-state index in [9.17, 15) is 9.59 Å². The number of carbonyl (C=O) groups excluding carboxylic acids is 2. The van der Waals surface area contributed by atoms with Crippen LogP contribution in [0.15, 0.2) is 103 Å². The second-order valence-corrected chi connectivity index (χ2v) is 7.29. The van der Waals surface area contributed by atoms with E-state index in [1.165, 1.54) is 12.2 Å². The van der Waals surface area contributed by atoms with Crippen molar-refractivity contribution in [1.29, 1.82) is 0 Å². The molecule has 172 valence electrons. The molecule has 3 aromatic carbocycles. The molecule has 0 amide bonds. The highest BCUT2D eigenvalue weighted by Gasteiger charge is 2.41. The minimum Gasteiger partial charge on any atom is -0.424 e. The largest absolute Gasteiger partial charge is 0.424 e. The minimum atomic E-state index is -1.27. The van der Waals surface area contributed by atoms with Crippen LogP contribution in [0.3, 0.4) is 0 Å². The van der Waals surface area contributed by atoms with Crippen LogP contribution in [-0.2, 0) is 35.3 Å². The van der Waals surface area contributed by atoms with Crippen molar-refractivity contribution in [3.8, 4) is 0 Å². The molecule has 0 spiro atoms. The van der Waals surface area contributed by atoms with E-state index in [0.717, 1.165) is 21.9 Å². The van der Waals surface area contributed by atoms with Gasteiger partial charge in [-0.15, -0.1) is 0 Å². The molecule has 0 bridgehead atoms. The third-order valence-electron chi connectivity index (χ3n) is 4.71. The first kappa shape index (κ1) is 23.1. The summed E-state index contributed by atoms with van der Waals surface area (Å²) in [5.41, 5.74) is 2.57. The average molecular weight is 457 g/mol.